The number of aromatic nitrogens is 4. The topological polar surface area (TPSA) is 19.7 Å². The van der Waals surface area contributed by atoms with Crippen LogP contribution < -0.4 is 0 Å². The van der Waals surface area contributed by atoms with Crippen molar-refractivity contribution < 1.29 is 0 Å². The van der Waals surface area contributed by atoms with Gasteiger partial charge >= 0.3 is 0 Å². The van der Waals surface area contributed by atoms with Gasteiger partial charge < -0.3 is 18.3 Å². The minimum Gasteiger partial charge on any atom is -0.309 e. The van der Waals surface area contributed by atoms with Crippen molar-refractivity contribution in [2.24, 2.45) is 0 Å². The number of nitrogens with zero attached hydrogens (tertiary/aromatic N) is 4. The Hall–Kier alpha value is -9.90. The zero-order valence-corrected chi connectivity index (χ0v) is 40.3. The lowest BCUT2D eigenvalue weighted by Gasteiger charge is -2.14. The zero-order valence-electron chi connectivity index (χ0n) is 40.3. The molecular formula is C70H46N4. The summed E-state index contributed by atoms with van der Waals surface area (Å²) in [5.74, 6) is 0. The summed E-state index contributed by atoms with van der Waals surface area (Å²) in [5, 5.41) is 7.20. The molecule has 0 saturated carbocycles. The van der Waals surface area contributed by atoms with Crippen LogP contribution in [-0.2, 0) is 0 Å². The van der Waals surface area contributed by atoms with Gasteiger partial charge in [0.1, 0.15) is 0 Å². The molecule has 0 bridgehead atoms. The van der Waals surface area contributed by atoms with Gasteiger partial charge in [-0.25, -0.2) is 0 Å². The first-order valence-corrected chi connectivity index (χ1v) is 25.4. The van der Waals surface area contributed by atoms with Gasteiger partial charge in [-0.3, -0.25) is 0 Å². The van der Waals surface area contributed by atoms with Gasteiger partial charge in [0, 0.05) is 66.2 Å². The molecule has 0 aliphatic carbocycles. The summed E-state index contributed by atoms with van der Waals surface area (Å²) in [5.41, 5.74) is 20.8. The highest BCUT2D eigenvalue weighted by Crippen LogP contribution is 2.50. The Kier molecular flexibility index (Phi) is 9.54. The van der Waals surface area contributed by atoms with Gasteiger partial charge in [0.2, 0.25) is 0 Å². The first kappa shape index (κ1) is 41.8. The Balaban J connectivity index is 1.10. The molecule has 0 atom stereocenters. The van der Waals surface area contributed by atoms with Crippen molar-refractivity contribution in [1.29, 1.82) is 0 Å². The molecule has 0 unspecified atom stereocenters. The molecular weight excluding hydrogens is 897 g/mol. The minimum atomic E-state index is 1.10. The van der Waals surface area contributed by atoms with Gasteiger partial charge in [0.15, 0.2) is 0 Å². The van der Waals surface area contributed by atoms with Crippen LogP contribution >= 0.6 is 0 Å². The third-order valence-electron chi connectivity index (χ3n) is 15.1. The van der Waals surface area contributed by atoms with Crippen molar-refractivity contribution in [3.05, 3.63) is 279 Å². The standard InChI is InChI=1S/C70H46N4/c1-7-23-47(24-8-1)67-59-45-66-60(46-65(59)73(69(67)49-27-11-3-12-28-49)53-39-41-63-57(43-53)55-35-19-21-37-61(55)71(63)51-31-15-5-16-32-51)68(48-25-9-2-10-26-48)70(50-29-13-4-14-30-50)74(66)54-40-42-64-58(44-54)56-36-20-22-38-62(56)72(64)52-33-17-6-18-34-52/h1-46H. The largest absolute Gasteiger partial charge is 0.309 e. The summed E-state index contributed by atoms with van der Waals surface area (Å²) in [6, 6.07) is 102. The summed E-state index contributed by atoms with van der Waals surface area (Å²) in [4.78, 5) is 0. The van der Waals surface area contributed by atoms with E-state index < -0.39 is 0 Å². The molecule has 74 heavy (non-hydrogen) atoms. The highest BCUT2D eigenvalue weighted by molar-refractivity contribution is 6.17. The maximum Gasteiger partial charge on any atom is 0.0619 e. The average molecular weight is 943 g/mol. The number of para-hydroxylation sites is 4. The molecule has 346 valence electrons. The Morgan fingerprint density at radius 3 is 0.865 bits per heavy atom. The van der Waals surface area contributed by atoms with Crippen LogP contribution in [0.1, 0.15) is 0 Å². The van der Waals surface area contributed by atoms with Crippen LogP contribution in [0.15, 0.2) is 279 Å². The summed E-state index contributed by atoms with van der Waals surface area (Å²) in [6.45, 7) is 0. The monoisotopic (exact) mass is 942 g/mol. The lowest BCUT2D eigenvalue weighted by atomic mass is 9.96. The maximum atomic E-state index is 2.54. The molecule has 0 aliphatic rings. The van der Waals surface area contributed by atoms with Crippen LogP contribution in [0.25, 0.3) is 133 Å². The third-order valence-corrected chi connectivity index (χ3v) is 15.1. The van der Waals surface area contributed by atoms with E-state index in [1.165, 1.54) is 65.5 Å². The third kappa shape index (κ3) is 6.42. The van der Waals surface area contributed by atoms with E-state index in [-0.39, 0.29) is 0 Å². The van der Waals surface area contributed by atoms with E-state index in [4.69, 9.17) is 0 Å². The van der Waals surface area contributed by atoms with Gasteiger partial charge in [-0.05, 0) is 107 Å². The Morgan fingerprint density at radius 2 is 0.486 bits per heavy atom. The summed E-state index contributed by atoms with van der Waals surface area (Å²) in [6.07, 6.45) is 0. The van der Waals surface area contributed by atoms with Crippen LogP contribution in [-0.4, -0.2) is 18.3 Å². The zero-order chi connectivity index (χ0) is 48.7. The SMILES string of the molecule is c1ccc(-c2c(-c3ccccc3)n(-c3ccc4c(c3)c3ccccc3n4-c3ccccc3)c3cc4c(-c5ccccc5)c(-c5ccccc5)n(-c5ccc6c(c5)c5ccccc5n6-c5ccccc5)c4cc23)cc1. The molecule has 0 spiro atoms. The van der Waals surface area contributed by atoms with E-state index in [1.807, 2.05) is 0 Å². The van der Waals surface area contributed by atoms with Crippen molar-refractivity contribution in [3.8, 4) is 67.5 Å². The molecule has 4 aromatic heterocycles. The van der Waals surface area contributed by atoms with E-state index in [9.17, 15) is 0 Å². The highest BCUT2D eigenvalue weighted by atomic mass is 15.0. The van der Waals surface area contributed by atoms with Crippen molar-refractivity contribution in [3.63, 3.8) is 0 Å². The number of fused-ring (bicyclic) bond motifs is 8. The van der Waals surface area contributed by atoms with Gasteiger partial charge in [0.25, 0.3) is 0 Å². The van der Waals surface area contributed by atoms with Gasteiger partial charge in [0.05, 0.1) is 44.5 Å². The molecule has 11 aromatic carbocycles. The molecule has 0 N–H and O–H groups in total. The van der Waals surface area contributed by atoms with E-state index in [2.05, 4.69) is 297 Å². The Labute approximate surface area is 428 Å². The molecule has 0 fully saturated rings. The van der Waals surface area contributed by atoms with Crippen LogP contribution in [0.3, 0.4) is 0 Å². The van der Waals surface area contributed by atoms with Gasteiger partial charge in [-0.15, -0.1) is 0 Å². The quantitative estimate of drug-likeness (QED) is 0.145. The molecule has 0 aliphatic heterocycles. The molecule has 4 heteroatoms. The Morgan fingerprint density at radius 1 is 0.176 bits per heavy atom. The van der Waals surface area contributed by atoms with Crippen molar-refractivity contribution in [2.75, 3.05) is 0 Å². The lowest BCUT2D eigenvalue weighted by Crippen LogP contribution is -1.99. The number of hydrogen-bond acceptors (Lipinski definition) is 0. The minimum absolute atomic E-state index is 1.10. The smallest absolute Gasteiger partial charge is 0.0619 e. The number of hydrogen-bond donors (Lipinski definition) is 0. The molecule has 15 aromatic rings. The lowest BCUT2D eigenvalue weighted by molar-refractivity contribution is 1.13. The maximum absolute atomic E-state index is 2.54. The highest BCUT2D eigenvalue weighted by Gasteiger charge is 2.28. The molecule has 15 rings (SSSR count). The second-order valence-corrected chi connectivity index (χ2v) is 19.2. The molecule has 0 amide bonds. The van der Waals surface area contributed by atoms with Crippen molar-refractivity contribution in [1.82, 2.24) is 18.3 Å². The predicted octanol–water partition coefficient (Wildman–Crippen LogP) is 18.4. The van der Waals surface area contributed by atoms with Crippen LogP contribution in [0.4, 0.5) is 0 Å². The number of benzene rings is 11. The van der Waals surface area contributed by atoms with Crippen LogP contribution in [0.5, 0.6) is 0 Å². The molecule has 0 saturated heterocycles. The fraction of sp³-hybridized carbons (Fsp3) is 0. The normalized spacial score (nSPS) is 11.8. The van der Waals surface area contributed by atoms with Crippen molar-refractivity contribution >= 4 is 65.4 Å². The fourth-order valence-corrected chi connectivity index (χ4v) is 12.0. The molecule has 4 nitrogen and oxygen atoms in total. The fourth-order valence-electron chi connectivity index (χ4n) is 12.0. The van der Waals surface area contributed by atoms with Gasteiger partial charge in [-0.2, -0.15) is 0 Å². The first-order valence-electron chi connectivity index (χ1n) is 25.4. The predicted molar refractivity (Wildman–Crippen MR) is 311 cm³/mol. The molecule has 4 heterocycles. The first-order chi connectivity index (χ1) is 36.8. The summed E-state index contributed by atoms with van der Waals surface area (Å²) >= 11 is 0. The van der Waals surface area contributed by atoms with E-state index in [1.54, 1.807) is 0 Å². The second kappa shape index (κ2) is 16.9. The Bertz CT molecular complexity index is 4300. The van der Waals surface area contributed by atoms with Crippen LogP contribution in [0, 0.1) is 0 Å². The van der Waals surface area contributed by atoms with E-state index in [0.29, 0.717) is 0 Å². The van der Waals surface area contributed by atoms with Crippen molar-refractivity contribution in [2.45, 2.75) is 0 Å². The number of rotatable bonds is 8. The molecule has 0 radical (unpaired) electrons. The van der Waals surface area contributed by atoms with E-state index in [0.717, 1.165) is 67.4 Å². The van der Waals surface area contributed by atoms with E-state index >= 15 is 0 Å². The summed E-state index contributed by atoms with van der Waals surface area (Å²) in [7, 11) is 0. The van der Waals surface area contributed by atoms with Crippen LogP contribution in [0.2, 0.25) is 0 Å². The second-order valence-electron chi connectivity index (χ2n) is 19.2. The average Bonchev–Trinajstić information content (AvgIpc) is 4.23. The summed E-state index contributed by atoms with van der Waals surface area (Å²) < 4.78 is 9.88. The van der Waals surface area contributed by atoms with Gasteiger partial charge in [-0.1, -0.05) is 194 Å².